The number of hydrogen-bond acceptors (Lipinski definition) is 7. The molecule has 3 heterocycles. The lowest BCUT2D eigenvalue weighted by Crippen LogP contribution is -2.12. The second-order valence-corrected chi connectivity index (χ2v) is 6.56. The van der Waals surface area contributed by atoms with Crippen LogP contribution in [0.5, 0.6) is 0 Å². The van der Waals surface area contributed by atoms with E-state index < -0.39 is 0 Å². The first kappa shape index (κ1) is 13.3. The van der Waals surface area contributed by atoms with Gasteiger partial charge in [-0.25, -0.2) is 0 Å². The van der Waals surface area contributed by atoms with Crippen molar-refractivity contribution in [3.8, 4) is 0 Å². The first-order valence-corrected chi connectivity index (χ1v) is 8.59. The van der Waals surface area contributed by atoms with Crippen molar-refractivity contribution < 1.29 is 4.74 Å². The summed E-state index contributed by atoms with van der Waals surface area (Å²) in [5.74, 6) is 1.85. The van der Waals surface area contributed by atoms with Gasteiger partial charge in [0.25, 0.3) is 0 Å². The number of rotatable bonds is 5. The highest BCUT2D eigenvalue weighted by atomic mass is 32.2. The topological polar surface area (TPSA) is 78.3 Å². The summed E-state index contributed by atoms with van der Waals surface area (Å²) in [5.41, 5.74) is 6.15. The van der Waals surface area contributed by atoms with Gasteiger partial charge in [0.2, 0.25) is 4.96 Å². The van der Waals surface area contributed by atoms with Gasteiger partial charge < -0.3 is 10.5 Å². The standard InChI is InChI=1S/C11H17N5OS2/c1-18-6-4-7(12)10-15-16-9(8-3-2-5-17-8)13-14-11(16)19-10/h7-8H,2-6,12H2,1H3. The predicted molar refractivity (Wildman–Crippen MR) is 76.5 cm³/mol. The molecule has 0 spiro atoms. The Bertz CT molecular complexity index is 548. The van der Waals surface area contributed by atoms with Crippen LogP contribution in [0.15, 0.2) is 0 Å². The van der Waals surface area contributed by atoms with Gasteiger partial charge in [-0.2, -0.15) is 21.4 Å². The number of hydrogen-bond donors (Lipinski definition) is 1. The Morgan fingerprint density at radius 1 is 1.58 bits per heavy atom. The fraction of sp³-hybridized carbons (Fsp3) is 0.727. The zero-order valence-electron chi connectivity index (χ0n) is 10.8. The Morgan fingerprint density at radius 2 is 2.47 bits per heavy atom. The molecule has 2 atom stereocenters. The Kier molecular flexibility index (Phi) is 4.01. The Labute approximate surface area is 119 Å². The van der Waals surface area contributed by atoms with Gasteiger partial charge in [0.15, 0.2) is 5.82 Å². The molecule has 104 valence electrons. The van der Waals surface area contributed by atoms with Gasteiger partial charge in [0, 0.05) is 6.61 Å². The molecule has 0 radical (unpaired) electrons. The molecule has 0 amide bonds. The van der Waals surface area contributed by atoms with Crippen LogP contribution in [0.2, 0.25) is 0 Å². The van der Waals surface area contributed by atoms with E-state index in [9.17, 15) is 0 Å². The maximum absolute atomic E-state index is 6.15. The van der Waals surface area contributed by atoms with E-state index >= 15 is 0 Å². The molecule has 2 N–H and O–H groups in total. The second-order valence-electron chi connectivity index (χ2n) is 4.58. The molecular formula is C11H17N5OS2. The zero-order valence-corrected chi connectivity index (χ0v) is 12.4. The Hall–Kier alpha value is -0.700. The summed E-state index contributed by atoms with van der Waals surface area (Å²) in [5, 5.41) is 13.9. The largest absolute Gasteiger partial charge is 0.370 e. The van der Waals surface area contributed by atoms with Gasteiger partial charge >= 0.3 is 0 Å². The van der Waals surface area contributed by atoms with E-state index in [1.165, 1.54) is 11.3 Å². The van der Waals surface area contributed by atoms with E-state index in [1.807, 2.05) is 0 Å². The molecule has 0 bridgehead atoms. The lowest BCUT2D eigenvalue weighted by molar-refractivity contribution is 0.103. The van der Waals surface area contributed by atoms with Gasteiger partial charge in [-0.05, 0) is 31.3 Å². The van der Waals surface area contributed by atoms with Gasteiger partial charge in [0.05, 0.1) is 6.04 Å². The van der Waals surface area contributed by atoms with Crippen molar-refractivity contribution in [3.05, 3.63) is 10.8 Å². The number of thioether (sulfide) groups is 1. The van der Waals surface area contributed by atoms with Crippen LogP contribution in [0, 0.1) is 0 Å². The minimum Gasteiger partial charge on any atom is -0.370 e. The minimum absolute atomic E-state index is 0.0171. The van der Waals surface area contributed by atoms with Crippen molar-refractivity contribution in [2.75, 3.05) is 18.6 Å². The molecule has 1 aliphatic heterocycles. The van der Waals surface area contributed by atoms with Crippen LogP contribution in [0.3, 0.4) is 0 Å². The molecule has 3 rings (SSSR count). The van der Waals surface area contributed by atoms with Crippen molar-refractivity contribution in [1.82, 2.24) is 19.8 Å². The summed E-state index contributed by atoms with van der Waals surface area (Å²) >= 11 is 3.32. The summed E-state index contributed by atoms with van der Waals surface area (Å²) < 4.78 is 7.45. The summed E-state index contributed by atoms with van der Waals surface area (Å²) in [4.78, 5) is 0.806. The molecular weight excluding hydrogens is 282 g/mol. The smallest absolute Gasteiger partial charge is 0.234 e. The highest BCUT2D eigenvalue weighted by molar-refractivity contribution is 7.98. The van der Waals surface area contributed by atoms with Crippen LogP contribution in [-0.4, -0.2) is 38.4 Å². The van der Waals surface area contributed by atoms with Crippen molar-refractivity contribution in [2.45, 2.75) is 31.4 Å². The lowest BCUT2D eigenvalue weighted by atomic mass is 10.2. The van der Waals surface area contributed by atoms with Crippen LogP contribution in [-0.2, 0) is 4.74 Å². The van der Waals surface area contributed by atoms with Crippen molar-refractivity contribution in [2.24, 2.45) is 5.73 Å². The van der Waals surface area contributed by atoms with Crippen LogP contribution >= 0.6 is 23.1 Å². The van der Waals surface area contributed by atoms with E-state index in [1.54, 1.807) is 16.3 Å². The summed E-state index contributed by atoms with van der Waals surface area (Å²) in [6.07, 6.45) is 5.12. The molecule has 1 fully saturated rings. The zero-order chi connectivity index (χ0) is 13.2. The molecule has 2 aromatic rings. The predicted octanol–water partition coefficient (Wildman–Crippen LogP) is 1.79. The van der Waals surface area contributed by atoms with Gasteiger partial charge in [-0.3, -0.25) is 0 Å². The third-order valence-electron chi connectivity index (χ3n) is 3.20. The molecule has 0 saturated carbocycles. The number of fused-ring (bicyclic) bond motifs is 1. The van der Waals surface area contributed by atoms with Crippen molar-refractivity contribution >= 4 is 28.1 Å². The lowest BCUT2D eigenvalue weighted by Gasteiger charge is -2.06. The molecule has 2 aromatic heterocycles. The summed E-state index contributed by atoms with van der Waals surface area (Å²) in [7, 11) is 0. The molecule has 6 nitrogen and oxygen atoms in total. The Morgan fingerprint density at radius 3 is 3.21 bits per heavy atom. The average molecular weight is 299 g/mol. The van der Waals surface area contributed by atoms with Crippen molar-refractivity contribution in [3.63, 3.8) is 0 Å². The second kappa shape index (κ2) is 5.74. The van der Waals surface area contributed by atoms with E-state index in [2.05, 4.69) is 21.6 Å². The summed E-state index contributed by atoms with van der Waals surface area (Å²) in [6, 6.07) is -0.0171. The first-order valence-electron chi connectivity index (χ1n) is 6.37. The number of ether oxygens (including phenoxy) is 1. The number of aromatic nitrogens is 4. The summed E-state index contributed by atoms with van der Waals surface area (Å²) in [6.45, 7) is 0.795. The van der Waals surface area contributed by atoms with Crippen molar-refractivity contribution in [1.29, 1.82) is 0 Å². The molecule has 1 saturated heterocycles. The van der Waals surface area contributed by atoms with Gasteiger partial charge in [-0.15, -0.1) is 10.2 Å². The molecule has 0 aliphatic carbocycles. The molecule has 19 heavy (non-hydrogen) atoms. The SMILES string of the molecule is CSCCC(N)c1nn2c(C3CCCO3)nnc2s1. The molecule has 0 aromatic carbocycles. The van der Waals surface area contributed by atoms with Crippen LogP contribution in [0.1, 0.15) is 42.2 Å². The average Bonchev–Trinajstić information content (AvgIpc) is 3.09. The fourth-order valence-corrected chi connectivity index (χ4v) is 3.52. The number of nitrogens with two attached hydrogens (primary N) is 1. The quantitative estimate of drug-likeness (QED) is 0.907. The third kappa shape index (κ3) is 2.62. The third-order valence-corrected chi connectivity index (χ3v) is 4.87. The minimum atomic E-state index is -0.0171. The Balaban J connectivity index is 1.84. The number of nitrogens with zero attached hydrogens (tertiary/aromatic N) is 4. The van der Waals surface area contributed by atoms with E-state index in [0.717, 1.165) is 47.4 Å². The molecule has 2 unspecified atom stereocenters. The normalized spacial score (nSPS) is 21.3. The first-order chi connectivity index (χ1) is 9.29. The fourth-order valence-electron chi connectivity index (χ4n) is 2.15. The van der Waals surface area contributed by atoms with E-state index in [-0.39, 0.29) is 12.1 Å². The maximum atomic E-state index is 6.15. The van der Waals surface area contributed by atoms with Gasteiger partial charge in [-0.1, -0.05) is 11.3 Å². The highest BCUT2D eigenvalue weighted by Gasteiger charge is 2.25. The highest BCUT2D eigenvalue weighted by Crippen LogP contribution is 2.29. The molecule has 1 aliphatic rings. The molecule has 8 heteroatoms. The van der Waals surface area contributed by atoms with Crippen LogP contribution in [0.4, 0.5) is 0 Å². The van der Waals surface area contributed by atoms with Crippen LogP contribution < -0.4 is 5.73 Å². The van der Waals surface area contributed by atoms with E-state index in [0.29, 0.717) is 0 Å². The maximum Gasteiger partial charge on any atom is 0.234 e. The van der Waals surface area contributed by atoms with Gasteiger partial charge in [0.1, 0.15) is 11.1 Å². The van der Waals surface area contributed by atoms with Crippen LogP contribution in [0.25, 0.3) is 4.96 Å². The van der Waals surface area contributed by atoms with E-state index in [4.69, 9.17) is 10.5 Å². The monoisotopic (exact) mass is 299 g/mol.